The SMILES string of the molecule is CCCCCCC(=O)/C(C)=C/C1=C(C)CC=Cc2c1ccc1c2ccc2sc(C(=O)CCCCCC)cc21. The van der Waals surface area contributed by atoms with E-state index in [4.69, 9.17) is 0 Å². The van der Waals surface area contributed by atoms with Crippen molar-refractivity contribution in [3.8, 4) is 0 Å². The van der Waals surface area contributed by atoms with Gasteiger partial charge < -0.3 is 0 Å². The van der Waals surface area contributed by atoms with Crippen LogP contribution in [-0.2, 0) is 4.79 Å². The van der Waals surface area contributed by atoms with Gasteiger partial charge in [0.2, 0.25) is 0 Å². The highest BCUT2D eigenvalue weighted by Crippen LogP contribution is 2.39. The molecular formula is C35H42O2S. The van der Waals surface area contributed by atoms with Crippen LogP contribution in [0.5, 0.6) is 0 Å². The third-order valence-corrected chi connectivity index (χ3v) is 8.93. The van der Waals surface area contributed by atoms with Gasteiger partial charge in [-0.15, -0.1) is 11.3 Å². The van der Waals surface area contributed by atoms with Crippen LogP contribution in [0.2, 0.25) is 0 Å². The second-order valence-electron chi connectivity index (χ2n) is 10.8. The molecule has 1 aliphatic carbocycles. The molecule has 4 rings (SSSR count). The fraction of sp³-hybridized carbons (Fsp3) is 0.429. The minimum atomic E-state index is 0.257. The van der Waals surface area contributed by atoms with Crippen LogP contribution in [0.25, 0.3) is 32.5 Å². The molecule has 38 heavy (non-hydrogen) atoms. The lowest BCUT2D eigenvalue weighted by molar-refractivity contribution is -0.115. The van der Waals surface area contributed by atoms with E-state index in [1.54, 1.807) is 11.3 Å². The van der Waals surface area contributed by atoms with Gasteiger partial charge in [0, 0.05) is 22.9 Å². The van der Waals surface area contributed by atoms with E-state index < -0.39 is 0 Å². The first kappa shape index (κ1) is 28.2. The summed E-state index contributed by atoms with van der Waals surface area (Å²) in [5.41, 5.74) is 5.68. The zero-order valence-electron chi connectivity index (χ0n) is 23.6. The molecule has 2 aromatic carbocycles. The molecule has 3 heteroatoms. The van der Waals surface area contributed by atoms with E-state index >= 15 is 0 Å². The lowest BCUT2D eigenvalue weighted by Gasteiger charge is -2.14. The Labute approximate surface area is 232 Å². The average Bonchev–Trinajstić information content (AvgIpc) is 3.30. The number of allylic oxidation sites excluding steroid dienone is 5. The van der Waals surface area contributed by atoms with E-state index in [-0.39, 0.29) is 11.6 Å². The van der Waals surface area contributed by atoms with Gasteiger partial charge in [0.05, 0.1) is 4.88 Å². The van der Waals surface area contributed by atoms with Crippen molar-refractivity contribution in [3.63, 3.8) is 0 Å². The first-order valence-corrected chi connectivity index (χ1v) is 15.4. The van der Waals surface area contributed by atoms with Crippen molar-refractivity contribution in [2.45, 2.75) is 98.3 Å². The number of benzene rings is 2. The topological polar surface area (TPSA) is 34.1 Å². The van der Waals surface area contributed by atoms with Crippen molar-refractivity contribution in [3.05, 3.63) is 69.6 Å². The van der Waals surface area contributed by atoms with Gasteiger partial charge in [-0.1, -0.05) is 88.3 Å². The molecule has 0 amide bonds. The summed E-state index contributed by atoms with van der Waals surface area (Å²) in [4.78, 5) is 26.6. The second-order valence-corrected chi connectivity index (χ2v) is 11.9. The second kappa shape index (κ2) is 13.3. The number of rotatable bonds is 13. The predicted octanol–water partition coefficient (Wildman–Crippen LogP) is 10.9. The molecule has 0 saturated heterocycles. The molecule has 0 radical (unpaired) electrons. The highest BCUT2D eigenvalue weighted by molar-refractivity contribution is 7.21. The van der Waals surface area contributed by atoms with Crippen LogP contribution in [-0.4, -0.2) is 11.6 Å². The Morgan fingerprint density at radius 1 is 0.868 bits per heavy atom. The number of fused-ring (bicyclic) bond motifs is 5. The maximum absolute atomic E-state index is 12.9. The molecule has 0 unspecified atom stereocenters. The van der Waals surface area contributed by atoms with Crippen LogP contribution in [0.1, 0.15) is 119 Å². The number of hydrogen-bond donors (Lipinski definition) is 0. The van der Waals surface area contributed by atoms with Crippen LogP contribution >= 0.6 is 11.3 Å². The van der Waals surface area contributed by atoms with E-state index in [2.05, 4.69) is 69.3 Å². The lowest BCUT2D eigenvalue weighted by Crippen LogP contribution is -2.01. The Hall–Kier alpha value is -2.78. The number of hydrogen-bond acceptors (Lipinski definition) is 3. The van der Waals surface area contributed by atoms with Gasteiger partial charge >= 0.3 is 0 Å². The van der Waals surface area contributed by atoms with Crippen molar-refractivity contribution in [2.75, 3.05) is 0 Å². The molecule has 0 N–H and O–H groups in total. The summed E-state index contributed by atoms with van der Waals surface area (Å²) in [5.74, 6) is 0.527. The first-order chi connectivity index (χ1) is 18.4. The van der Waals surface area contributed by atoms with Crippen LogP contribution in [0.15, 0.2) is 53.6 Å². The van der Waals surface area contributed by atoms with E-state index in [9.17, 15) is 9.59 Å². The van der Waals surface area contributed by atoms with Gasteiger partial charge in [-0.3, -0.25) is 9.59 Å². The van der Waals surface area contributed by atoms with Gasteiger partial charge in [-0.2, -0.15) is 0 Å². The quantitative estimate of drug-likeness (QED) is 0.126. The number of carbonyl (C=O) groups is 2. The van der Waals surface area contributed by atoms with Crippen molar-refractivity contribution >= 4 is 55.4 Å². The Bertz CT molecular complexity index is 1410. The minimum absolute atomic E-state index is 0.257. The average molecular weight is 527 g/mol. The number of carbonyl (C=O) groups excluding carboxylic acids is 2. The van der Waals surface area contributed by atoms with Crippen LogP contribution < -0.4 is 0 Å². The maximum Gasteiger partial charge on any atom is 0.172 e. The Balaban J connectivity index is 1.67. The summed E-state index contributed by atoms with van der Waals surface area (Å²) < 4.78 is 1.17. The summed E-state index contributed by atoms with van der Waals surface area (Å²) in [5, 5.41) is 3.56. The van der Waals surface area contributed by atoms with Crippen molar-refractivity contribution in [1.82, 2.24) is 0 Å². The standard InChI is InChI=1S/C35H42O2S/c1-5-7-9-11-16-32(36)25(4)22-30-24(3)14-13-15-26-27-20-21-34-31(29(27)19-18-28(26)30)23-35(38-34)33(37)17-12-10-8-6-2/h13,15,18-23H,5-12,14,16-17H2,1-4H3/b25-22+. The molecule has 200 valence electrons. The van der Waals surface area contributed by atoms with Crippen molar-refractivity contribution in [2.24, 2.45) is 0 Å². The zero-order valence-corrected chi connectivity index (χ0v) is 24.4. The summed E-state index contributed by atoms with van der Waals surface area (Å²) >= 11 is 1.62. The summed E-state index contributed by atoms with van der Waals surface area (Å²) in [6.45, 7) is 8.54. The van der Waals surface area contributed by atoms with Gasteiger partial charge in [-0.05, 0) is 84.4 Å². The molecule has 3 aromatic rings. The lowest BCUT2D eigenvalue weighted by atomic mass is 9.90. The Morgan fingerprint density at radius 2 is 1.58 bits per heavy atom. The van der Waals surface area contributed by atoms with E-state index in [1.165, 1.54) is 68.8 Å². The molecule has 2 nitrogen and oxygen atoms in total. The van der Waals surface area contributed by atoms with Crippen LogP contribution in [0.3, 0.4) is 0 Å². The monoisotopic (exact) mass is 526 g/mol. The molecule has 0 atom stereocenters. The number of unbranched alkanes of at least 4 members (excludes halogenated alkanes) is 6. The molecule has 1 aromatic heterocycles. The molecule has 0 fully saturated rings. The third kappa shape index (κ3) is 6.43. The minimum Gasteiger partial charge on any atom is -0.295 e. The fourth-order valence-electron chi connectivity index (χ4n) is 5.44. The molecule has 0 saturated carbocycles. The van der Waals surface area contributed by atoms with Gasteiger partial charge in [0.1, 0.15) is 0 Å². The maximum atomic E-state index is 12.9. The normalized spacial score (nSPS) is 13.8. The first-order valence-electron chi connectivity index (χ1n) is 14.5. The molecule has 0 aliphatic heterocycles. The van der Waals surface area contributed by atoms with Crippen LogP contribution in [0.4, 0.5) is 0 Å². The zero-order chi connectivity index (χ0) is 27.1. The number of Topliss-reactive ketones (excluding diaryl/α,β-unsaturated/α-hetero) is 2. The number of ketones is 2. The molecular weight excluding hydrogens is 484 g/mol. The number of thiophene rings is 1. The van der Waals surface area contributed by atoms with Crippen LogP contribution in [0, 0.1) is 0 Å². The van der Waals surface area contributed by atoms with Gasteiger partial charge in [0.25, 0.3) is 0 Å². The highest BCUT2D eigenvalue weighted by atomic mass is 32.1. The van der Waals surface area contributed by atoms with Gasteiger partial charge in [-0.25, -0.2) is 0 Å². The third-order valence-electron chi connectivity index (χ3n) is 7.79. The molecule has 1 aliphatic rings. The predicted molar refractivity (Wildman–Crippen MR) is 166 cm³/mol. The molecule has 1 heterocycles. The molecule has 0 spiro atoms. The Kier molecular flexibility index (Phi) is 9.91. The van der Waals surface area contributed by atoms with E-state index in [1.807, 2.05) is 6.92 Å². The van der Waals surface area contributed by atoms with Crippen molar-refractivity contribution in [1.29, 1.82) is 0 Å². The fourth-order valence-corrected chi connectivity index (χ4v) is 6.48. The van der Waals surface area contributed by atoms with E-state index in [0.29, 0.717) is 12.8 Å². The molecule has 0 bridgehead atoms. The van der Waals surface area contributed by atoms with Gasteiger partial charge in [0.15, 0.2) is 11.6 Å². The summed E-state index contributed by atoms with van der Waals surface area (Å²) in [6.07, 6.45) is 17.7. The highest BCUT2D eigenvalue weighted by Gasteiger charge is 2.18. The van der Waals surface area contributed by atoms with Crippen molar-refractivity contribution < 1.29 is 9.59 Å². The smallest absolute Gasteiger partial charge is 0.172 e. The Morgan fingerprint density at radius 3 is 2.32 bits per heavy atom. The summed E-state index contributed by atoms with van der Waals surface area (Å²) in [7, 11) is 0. The van der Waals surface area contributed by atoms with E-state index in [0.717, 1.165) is 42.6 Å². The largest absolute Gasteiger partial charge is 0.295 e. The summed E-state index contributed by atoms with van der Waals surface area (Å²) in [6, 6.07) is 10.9.